The minimum atomic E-state index is -1.01. The van der Waals surface area contributed by atoms with Crippen LogP contribution in [-0.4, -0.2) is 41.5 Å². The Hall–Kier alpha value is -2.38. The SMILES string of the molecule is O=C(O)C1(n2nnnc2-c2ccnnc2)CCC1. The molecule has 0 spiro atoms. The van der Waals surface area contributed by atoms with Crippen LogP contribution in [-0.2, 0) is 10.3 Å². The minimum Gasteiger partial charge on any atom is -0.479 e. The predicted octanol–water partition coefficient (Wildman–Crippen LogP) is 0.0939. The van der Waals surface area contributed by atoms with E-state index in [9.17, 15) is 9.90 Å². The van der Waals surface area contributed by atoms with Gasteiger partial charge in [0.2, 0.25) is 0 Å². The van der Waals surface area contributed by atoms with E-state index in [1.54, 1.807) is 6.07 Å². The summed E-state index contributed by atoms with van der Waals surface area (Å²) >= 11 is 0. The highest BCUT2D eigenvalue weighted by atomic mass is 16.4. The normalized spacial score (nSPS) is 17.1. The Balaban J connectivity index is 2.10. The van der Waals surface area contributed by atoms with Crippen LogP contribution < -0.4 is 0 Å². The van der Waals surface area contributed by atoms with Crippen LogP contribution in [0, 0.1) is 0 Å². The molecule has 1 aliphatic carbocycles. The van der Waals surface area contributed by atoms with Crippen molar-refractivity contribution in [2.75, 3.05) is 0 Å². The van der Waals surface area contributed by atoms with Gasteiger partial charge in [0.05, 0.1) is 12.4 Å². The second-order valence-electron chi connectivity index (χ2n) is 4.24. The lowest BCUT2D eigenvalue weighted by molar-refractivity contribution is -0.153. The number of carbonyl (C=O) groups is 1. The van der Waals surface area contributed by atoms with Crippen LogP contribution in [0.1, 0.15) is 19.3 Å². The molecule has 0 radical (unpaired) electrons. The molecular weight excluding hydrogens is 236 g/mol. The molecule has 0 aliphatic heterocycles. The average molecular weight is 246 g/mol. The van der Waals surface area contributed by atoms with Gasteiger partial charge in [-0.3, -0.25) is 0 Å². The van der Waals surface area contributed by atoms with Gasteiger partial charge in [-0.25, -0.2) is 9.48 Å². The number of rotatable bonds is 3. The monoisotopic (exact) mass is 246 g/mol. The van der Waals surface area contributed by atoms with Crippen LogP contribution in [0.3, 0.4) is 0 Å². The number of tetrazole rings is 1. The average Bonchev–Trinajstić information content (AvgIpc) is 2.77. The lowest BCUT2D eigenvalue weighted by Gasteiger charge is -2.37. The summed E-state index contributed by atoms with van der Waals surface area (Å²) in [7, 11) is 0. The first-order valence-electron chi connectivity index (χ1n) is 5.53. The fourth-order valence-corrected chi connectivity index (χ4v) is 2.11. The van der Waals surface area contributed by atoms with Gasteiger partial charge in [-0.05, 0) is 35.8 Å². The molecule has 1 saturated carbocycles. The van der Waals surface area contributed by atoms with Crippen molar-refractivity contribution in [3.63, 3.8) is 0 Å². The van der Waals surface area contributed by atoms with Gasteiger partial charge in [0.1, 0.15) is 0 Å². The number of aromatic nitrogens is 6. The Kier molecular flexibility index (Phi) is 2.29. The van der Waals surface area contributed by atoms with Crippen LogP contribution in [0.4, 0.5) is 0 Å². The summed E-state index contributed by atoms with van der Waals surface area (Å²) in [5.74, 6) is -0.490. The van der Waals surface area contributed by atoms with E-state index in [0.717, 1.165) is 6.42 Å². The fourth-order valence-electron chi connectivity index (χ4n) is 2.11. The largest absolute Gasteiger partial charge is 0.479 e. The Labute approximate surface area is 102 Å². The minimum absolute atomic E-state index is 0.409. The second kappa shape index (κ2) is 3.83. The van der Waals surface area contributed by atoms with Gasteiger partial charge < -0.3 is 5.11 Å². The third-order valence-corrected chi connectivity index (χ3v) is 3.30. The smallest absolute Gasteiger partial charge is 0.331 e. The van der Waals surface area contributed by atoms with Crippen LogP contribution in [0.15, 0.2) is 18.5 Å². The van der Waals surface area contributed by atoms with E-state index in [-0.39, 0.29) is 0 Å². The second-order valence-corrected chi connectivity index (χ2v) is 4.24. The topological polar surface area (TPSA) is 107 Å². The summed E-state index contributed by atoms with van der Waals surface area (Å²) in [5, 5.41) is 28.1. The zero-order valence-corrected chi connectivity index (χ0v) is 9.39. The lowest BCUT2D eigenvalue weighted by atomic mass is 9.77. The van der Waals surface area contributed by atoms with E-state index in [2.05, 4.69) is 25.7 Å². The molecule has 1 fully saturated rings. The molecule has 1 aliphatic rings. The standard InChI is InChI=1S/C10H10N6O2/c17-9(18)10(3-1-4-10)16-8(13-14-15-16)7-2-5-11-12-6-7/h2,5-6H,1,3-4H2,(H,17,18). The third-order valence-electron chi connectivity index (χ3n) is 3.30. The zero-order valence-electron chi connectivity index (χ0n) is 9.39. The van der Waals surface area contributed by atoms with Gasteiger partial charge in [0, 0.05) is 5.56 Å². The number of carboxylic acids is 1. The van der Waals surface area contributed by atoms with Crippen LogP contribution in [0.2, 0.25) is 0 Å². The molecule has 2 aromatic heterocycles. The first-order chi connectivity index (χ1) is 8.74. The van der Waals surface area contributed by atoms with Crippen molar-refractivity contribution >= 4 is 5.97 Å². The Bertz CT molecular complexity index is 577. The molecule has 0 saturated heterocycles. The molecule has 0 aromatic carbocycles. The maximum absolute atomic E-state index is 11.4. The Morgan fingerprint density at radius 3 is 2.78 bits per heavy atom. The van der Waals surface area contributed by atoms with Crippen molar-refractivity contribution < 1.29 is 9.90 Å². The fraction of sp³-hybridized carbons (Fsp3) is 0.400. The Morgan fingerprint density at radius 1 is 1.39 bits per heavy atom. The number of carboxylic acid groups (broad SMARTS) is 1. The summed E-state index contributed by atoms with van der Waals surface area (Å²) in [6, 6.07) is 1.70. The van der Waals surface area contributed by atoms with Crippen molar-refractivity contribution in [3.8, 4) is 11.4 Å². The predicted molar refractivity (Wildman–Crippen MR) is 58.3 cm³/mol. The first kappa shape index (κ1) is 10.8. The van der Waals surface area contributed by atoms with Gasteiger partial charge in [0.25, 0.3) is 0 Å². The molecule has 0 atom stereocenters. The molecule has 2 heterocycles. The molecule has 1 N–H and O–H groups in total. The molecular formula is C10H10N6O2. The van der Waals surface area contributed by atoms with E-state index in [4.69, 9.17) is 0 Å². The maximum Gasteiger partial charge on any atom is 0.331 e. The highest BCUT2D eigenvalue weighted by Crippen LogP contribution is 2.40. The maximum atomic E-state index is 11.4. The highest BCUT2D eigenvalue weighted by molar-refractivity contribution is 5.78. The summed E-state index contributed by atoms with van der Waals surface area (Å²) in [6.45, 7) is 0. The van der Waals surface area contributed by atoms with E-state index >= 15 is 0 Å². The van der Waals surface area contributed by atoms with E-state index in [1.165, 1.54) is 17.1 Å². The van der Waals surface area contributed by atoms with Gasteiger partial charge >= 0.3 is 5.97 Å². The zero-order chi connectivity index (χ0) is 12.6. The summed E-state index contributed by atoms with van der Waals surface area (Å²) in [6.07, 6.45) is 4.97. The van der Waals surface area contributed by atoms with Crippen LogP contribution >= 0.6 is 0 Å². The number of nitrogens with zero attached hydrogens (tertiary/aromatic N) is 6. The molecule has 18 heavy (non-hydrogen) atoms. The van der Waals surface area contributed by atoms with E-state index in [1.807, 2.05) is 0 Å². The number of hydrogen-bond donors (Lipinski definition) is 1. The summed E-state index contributed by atoms with van der Waals surface area (Å²) in [4.78, 5) is 11.4. The van der Waals surface area contributed by atoms with Gasteiger partial charge in [0.15, 0.2) is 11.4 Å². The third kappa shape index (κ3) is 1.38. The van der Waals surface area contributed by atoms with E-state index in [0.29, 0.717) is 24.2 Å². The molecule has 0 amide bonds. The first-order valence-corrected chi connectivity index (χ1v) is 5.53. The Morgan fingerprint density at radius 2 is 2.22 bits per heavy atom. The van der Waals surface area contributed by atoms with Crippen LogP contribution in [0.5, 0.6) is 0 Å². The molecule has 92 valence electrons. The van der Waals surface area contributed by atoms with Crippen molar-refractivity contribution in [1.82, 2.24) is 30.4 Å². The van der Waals surface area contributed by atoms with Crippen molar-refractivity contribution in [2.24, 2.45) is 0 Å². The molecule has 8 nitrogen and oxygen atoms in total. The lowest BCUT2D eigenvalue weighted by Crippen LogP contribution is -2.48. The highest BCUT2D eigenvalue weighted by Gasteiger charge is 2.49. The number of hydrogen-bond acceptors (Lipinski definition) is 6. The molecule has 0 bridgehead atoms. The van der Waals surface area contributed by atoms with Crippen molar-refractivity contribution in [1.29, 1.82) is 0 Å². The molecule has 2 aromatic rings. The molecule has 3 rings (SSSR count). The van der Waals surface area contributed by atoms with Gasteiger partial charge in [-0.15, -0.1) is 5.10 Å². The van der Waals surface area contributed by atoms with E-state index < -0.39 is 11.5 Å². The number of aliphatic carboxylic acids is 1. The molecule has 0 unspecified atom stereocenters. The quantitative estimate of drug-likeness (QED) is 0.817. The summed E-state index contributed by atoms with van der Waals surface area (Å²) in [5.41, 5.74) is -0.357. The van der Waals surface area contributed by atoms with Gasteiger partial charge in [-0.1, -0.05) is 0 Å². The summed E-state index contributed by atoms with van der Waals surface area (Å²) < 4.78 is 1.38. The van der Waals surface area contributed by atoms with Crippen molar-refractivity contribution in [3.05, 3.63) is 18.5 Å². The van der Waals surface area contributed by atoms with Gasteiger partial charge in [-0.2, -0.15) is 10.2 Å². The molecule has 8 heteroatoms. The van der Waals surface area contributed by atoms with Crippen LogP contribution in [0.25, 0.3) is 11.4 Å². The van der Waals surface area contributed by atoms with Crippen molar-refractivity contribution in [2.45, 2.75) is 24.8 Å².